The number of carbonyl (C=O) groups is 1. The van der Waals surface area contributed by atoms with Gasteiger partial charge in [0.1, 0.15) is 5.82 Å². The van der Waals surface area contributed by atoms with Crippen LogP contribution in [0.4, 0.5) is 10.1 Å². The van der Waals surface area contributed by atoms with Crippen molar-refractivity contribution in [3.05, 3.63) is 65.5 Å². The Morgan fingerprint density at radius 3 is 2.33 bits per heavy atom. The summed E-state index contributed by atoms with van der Waals surface area (Å²) in [5.74, 6) is -0.310. The number of hydrogen-bond donors (Lipinski definition) is 2. The predicted molar refractivity (Wildman–Crippen MR) is 96.7 cm³/mol. The number of hydrogen-bond acceptors (Lipinski definition) is 2. The molecular formula is C20H25FN2O. The van der Waals surface area contributed by atoms with Crippen LogP contribution in [0.5, 0.6) is 0 Å². The lowest BCUT2D eigenvalue weighted by Crippen LogP contribution is -2.29. The maximum Gasteiger partial charge on any atom is 0.238 e. The summed E-state index contributed by atoms with van der Waals surface area (Å²) in [5.41, 5.74) is 2.76. The van der Waals surface area contributed by atoms with Crippen molar-refractivity contribution in [2.45, 2.75) is 32.6 Å². The summed E-state index contributed by atoms with van der Waals surface area (Å²) in [6, 6.07) is 14.6. The molecule has 0 saturated heterocycles. The molecule has 4 heteroatoms. The van der Waals surface area contributed by atoms with Crippen LogP contribution >= 0.6 is 0 Å². The molecule has 0 saturated carbocycles. The minimum Gasteiger partial charge on any atom is -0.325 e. The topological polar surface area (TPSA) is 41.1 Å². The molecule has 0 spiro atoms. The van der Waals surface area contributed by atoms with E-state index in [1.165, 1.54) is 11.6 Å². The van der Waals surface area contributed by atoms with Crippen LogP contribution in [0.3, 0.4) is 0 Å². The summed E-state index contributed by atoms with van der Waals surface area (Å²) < 4.78 is 13.5. The van der Waals surface area contributed by atoms with Crippen molar-refractivity contribution in [3.63, 3.8) is 0 Å². The molecule has 2 N–H and O–H groups in total. The Hall–Kier alpha value is -2.20. The number of anilines is 1. The lowest BCUT2D eigenvalue weighted by atomic mass is 9.87. The van der Waals surface area contributed by atoms with E-state index in [0.29, 0.717) is 18.5 Å². The van der Waals surface area contributed by atoms with Gasteiger partial charge < -0.3 is 10.6 Å². The molecule has 0 unspecified atom stereocenters. The van der Waals surface area contributed by atoms with Gasteiger partial charge in [0.15, 0.2) is 0 Å². The number of nitrogens with one attached hydrogen (secondary N) is 2. The first kappa shape index (κ1) is 18.1. The van der Waals surface area contributed by atoms with Crippen LogP contribution in [0.25, 0.3) is 0 Å². The molecule has 0 radical (unpaired) electrons. The van der Waals surface area contributed by atoms with E-state index in [1.54, 1.807) is 12.1 Å². The Labute approximate surface area is 143 Å². The van der Waals surface area contributed by atoms with Gasteiger partial charge in [-0.2, -0.15) is 0 Å². The second-order valence-electron chi connectivity index (χ2n) is 6.89. The van der Waals surface area contributed by atoms with Crippen molar-refractivity contribution < 1.29 is 9.18 Å². The Morgan fingerprint density at radius 2 is 1.71 bits per heavy atom. The third kappa shape index (κ3) is 5.46. The molecule has 0 atom stereocenters. The maximum absolute atomic E-state index is 13.5. The predicted octanol–water partition coefficient (Wildman–Crippen LogP) is 3.89. The van der Waals surface area contributed by atoms with Gasteiger partial charge in [0.25, 0.3) is 0 Å². The first-order valence-corrected chi connectivity index (χ1v) is 8.21. The molecular weight excluding hydrogens is 303 g/mol. The fourth-order valence-corrected chi connectivity index (χ4v) is 2.38. The Morgan fingerprint density at radius 1 is 1.04 bits per heavy atom. The van der Waals surface area contributed by atoms with Crippen LogP contribution in [-0.4, -0.2) is 19.0 Å². The molecule has 0 fully saturated rings. The van der Waals surface area contributed by atoms with Gasteiger partial charge in [-0.15, -0.1) is 0 Å². The van der Waals surface area contributed by atoms with E-state index in [4.69, 9.17) is 0 Å². The molecule has 128 valence electrons. The van der Waals surface area contributed by atoms with Gasteiger partial charge in [0.2, 0.25) is 5.91 Å². The van der Waals surface area contributed by atoms with Crippen LogP contribution in [-0.2, 0) is 16.6 Å². The summed E-state index contributed by atoms with van der Waals surface area (Å²) >= 11 is 0. The highest BCUT2D eigenvalue weighted by molar-refractivity contribution is 5.92. The van der Waals surface area contributed by atoms with Crippen molar-refractivity contribution in [1.82, 2.24) is 5.32 Å². The molecule has 3 nitrogen and oxygen atoms in total. The summed E-state index contributed by atoms with van der Waals surface area (Å²) in [4.78, 5) is 11.9. The zero-order valence-electron chi connectivity index (χ0n) is 14.5. The number of amides is 1. The molecule has 0 aliphatic heterocycles. The summed E-state index contributed by atoms with van der Waals surface area (Å²) in [6.07, 6.45) is 0.556. The number of carbonyl (C=O) groups excluding carboxylic acids is 1. The monoisotopic (exact) mass is 328 g/mol. The Bertz CT molecular complexity index is 675. The van der Waals surface area contributed by atoms with E-state index in [9.17, 15) is 9.18 Å². The third-order valence-corrected chi connectivity index (χ3v) is 3.85. The maximum atomic E-state index is 13.5. The van der Waals surface area contributed by atoms with Crippen LogP contribution in [0, 0.1) is 5.82 Å². The third-order valence-electron chi connectivity index (χ3n) is 3.85. The lowest BCUT2D eigenvalue weighted by Gasteiger charge is -2.19. The first-order valence-electron chi connectivity index (χ1n) is 8.21. The van der Waals surface area contributed by atoms with Crippen molar-refractivity contribution >= 4 is 11.6 Å². The smallest absolute Gasteiger partial charge is 0.238 e. The molecule has 0 aromatic heterocycles. The van der Waals surface area contributed by atoms with Crippen LogP contribution in [0.1, 0.15) is 31.9 Å². The zero-order chi connectivity index (χ0) is 17.6. The summed E-state index contributed by atoms with van der Waals surface area (Å²) in [5, 5.41) is 5.89. The Balaban J connectivity index is 1.74. The second kappa shape index (κ2) is 8.06. The molecule has 0 bridgehead atoms. The minimum atomic E-state index is -0.206. The van der Waals surface area contributed by atoms with Crippen molar-refractivity contribution in [3.8, 4) is 0 Å². The quantitative estimate of drug-likeness (QED) is 0.790. The number of halogens is 1. The molecule has 0 aliphatic carbocycles. The van der Waals surface area contributed by atoms with E-state index in [0.717, 1.165) is 5.69 Å². The molecule has 2 aromatic rings. The zero-order valence-corrected chi connectivity index (χ0v) is 14.5. The molecule has 0 heterocycles. The normalized spacial score (nSPS) is 11.3. The summed E-state index contributed by atoms with van der Waals surface area (Å²) in [6.45, 7) is 7.22. The largest absolute Gasteiger partial charge is 0.325 e. The molecule has 2 aromatic carbocycles. The van der Waals surface area contributed by atoms with Crippen LogP contribution < -0.4 is 10.6 Å². The highest BCUT2D eigenvalue weighted by Crippen LogP contribution is 2.23. The highest BCUT2D eigenvalue weighted by atomic mass is 19.1. The van der Waals surface area contributed by atoms with E-state index < -0.39 is 0 Å². The lowest BCUT2D eigenvalue weighted by molar-refractivity contribution is -0.115. The van der Waals surface area contributed by atoms with Gasteiger partial charge in [-0.3, -0.25) is 4.79 Å². The van der Waals surface area contributed by atoms with Gasteiger partial charge in [0.05, 0.1) is 6.54 Å². The SMILES string of the molecule is CC(C)(C)c1ccc(NC(=O)CNCCc2ccccc2F)cc1. The van der Waals surface area contributed by atoms with E-state index >= 15 is 0 Å². The molecule has 2 rings (SSSR count). The standard InChI is InChI=1S/C20H25FN2O/c1-20(2,3)16-8-10-17(11-9-16)23-19(24)14-22-13-12-15-6-4-5-7-18(15)21/h4-11,22H,12-14H2,1-3H3,(H,23,24). The fourth-order valence-electron chi connectivity index (χ4n) is 2.38. The van der Waals surface area contributed by atoms with Crippen molar-refractivity contribution in [2.24, 2.45) is 0 Å². The van der Waals surface area contributed by atoms with Gasteiger partial charge in [-0.1, -0.05) is 51.1 Å². The highest BCUT2D eigenvalue weighted by Gasteiger charge is 2.13. The second-order valence-corrected chi connectivity index (χ2v) is 6.89. The van der Waals surface area contributed by atoms with Gasteiger partial charge >= 0.3 is 0 Å². The molecule has 0 aliphatic rings. The van der Waals surface area contributed by atoms with Gasteiger partial charge in [0, 0.05) is 5.69 Å². The van der Waals surface area contributed by atoms with Gasteiger partial charge in [-0.25, -0.2) is 4.39 Å². The average molecular weight is 328 g/mol. The van der Waals surface area contributed by atoms with Crippen molar-refractivity contribution in [2.75, 3.05) is 18.4 Å². The summed E-state index contributed by atoms with van der Waals surface area (Å²) in [7, 11) is 0. The number of rotatable bonds is 6. The average Bonchev–Trinajstić information content (AvgIpc) is 2.53. The van der Waals surface area contributed by atoms with E-state index in [2.05, 4.69) is 31.4 Å². The minimum absolute atomic E-state index is 0.0941. The first-order chi connectivity index (χ1) is 11.4. The Kier molecular flexibility index (Phi) is 6.10. The molecule has 1 amide bonds. The van der Waals surface area contributed by atoms with Crippen molar-refractivity contribution in [1.29, 1.82) is 0 Å². The van der Waals surface area contributed by atoms with Crippen LogP contribution in [0.2, 0.25) is 0 Å². The fraction of sp³-hybridized carbons (Fsp3) is 0.350. The van der Waals surface area contributed by atoms with E-state index in [1.807, 2.05) is 30.3 Å². The number of benzene rings is 2. The van der Waals surface area contributed by atoms with Crippen LogP contribution in [0.15, 0.2) is 48.5 Å². The molecule has 24 heavy (non-hydrogen) atoms. The van der Waals surface area contributed by atoms with E-state index in [-0.39, 0.29) is 23.7 Å². The van der Waals surface area contributed by atoms with Gasteiger partial charge in [-0.05, 0) is 47.7 Å².